The van der Waals surface area contributed by atoms with E-state index in [0.717, 1.165) is 17.9 Å². The minimum Gasteiger partial charge on any atom is -0.508 e. The number of benzene rings is 1. The van der Waals surface area contributed by atoms with Gasteiger partial charge in [0, 0.05) is 6.16 Å². The highest BCUT2D eigenvalue weighted by Gasteiger charge is 2.17. The maximum atomic E-state index is 12.1. The molecule has 1 aromatic rings. The molecule has 0 aromatic heterocycles. The standard InChI is InChI=1S/C11H17O2P/c1-3-14(13,4-2)9-10-5-7-11(12)8-6-10/h5-8,12H,3-4,9H2,1-2H3. The summed E-state index contributed by atoms with van der Waals surface area (Å²) in [5.41, 5.74) is 1.05. The predicted molar refractivity (Wildman–Crippen MR) is 60.5 cm³/mol. The van der Waals surface area contributed by atoms with E-state index in [9.17, 15) is 4.57 Å². The van der Waals surface area contributed by atoms with Crippen LogP contribution in [0.2, 0.25) is 0 Å². The molecular formula is C11H17O2P. The Morgan fingerprint density at radius 3 is 2.07 bits per heavy atom. The lowest BCUT2D eigenvalue weighted by Crippen LogP contribution is -1.93. The van der Waals surface area contributed by atoms with E-state index in [4.69, 9.17) is 5.11 Å². The van der Waals surface area contributed by atoms with Crippen LogP contribution in [0.15, 0.2) is 24.3 Å². The van der Waals surface area contributed by atoms with Gasteiger partial charge in [0.15, 0.2) is 0 Å². The second kappa shape index (κ2) is 4.65. The zero-order valence-corrected chi connectivity index (χ0v) is 9.63. The van der Waals surface area contributed by atoms with E-state index in [-0.39, 0.29) is 5.75 Å². The molecule has 0 unspecified atom stereocenters. The topological polar surface area (TPSA) is 37.3 Å². The number of rotatable bonds is 4. The Labute approximate surface area is 85.3 Å². The smallest absolute Gasteiger partial charge is 0.115 e. The summed E-state index contributed by atoms with van der Waals surface area (Å²) in [6, 6.07) is 6.97. The summed E-state index contributed by atoms with van der Waals surface area (Å²) in [6.45, 7) is 3.95. The van der Waals surface area contributed by atoms with E-state index in [1.165, 1.54) is 0 Å². The zero-order chi connectivity index (χ0) is 10.6. The first kappa shape index (κ1) is 11.3. The minimum absolute atomic E-state index is 0.261. The molecule has 0 aliphatic heterocycles. The Kier molecular flexibility index (Phi) is 3.77. The van der Waals surface area contributed by atoms with Crippen LogP contribution in [0.25, 0.3) is 0 Å². The number of aromatic hydroxyl groups is 1. The molecule has 0 radical (unpaired) electrons. The van der Waals surface area contributed by atoms with Gasteiger partial charge in [0.1, 0.15) is 5.75 Å². The second-order valence-electron chi connectivity index (χ2n) is 3.52. The number of hydrogen-bond acceptors (Lipinski definition) is 2. The van der Waals surface area contributed by atoms with Gasteiger partial charge in [0.25, 0.3) is 0 Å². The molecule has 0 fully saturated rings. The van der Waals surface area contributed by atoms with Crippen LogP contribution in [0.1, 0.15) is 19.4 Å². The lowest BCUT2D eigenvalue weighted by Gasteiger charge is -2.13. The summed E-state index contributed by atoms with van der Waals surface area (Å²) < 4.78 is 12.1. The molecule has 0 aliphatic carbocycles. The van der Waals surface area contributed by atoms with Crippen molar-refractivity contribution in [1.29, 1.82) is 0 Å². The van der Waals surface area contributed by atoms with Crippen LogP contribution < -0.4 is 0 Å². The van der Waals surface area contributed by atoms with Gasteiger partial charge in [-0.05, 0) is 30.0 Å². The van der Waals surface area contributed by atoms with Crippen molar-refractivity contribution >= 4 is 7.14 Å². The van der Waals surface area contributed by atoms with Crippen molar-refractivity contribution < 1.29 is 9.67 Å². The molecule has 14 heavy (non-hydrogen) atoms. The maximum Gasteiger partial charge on any atom is 0.115 e. The first-order valence-electron chi connectivity index (χ1n) is 4.94. The normalized spacial score (nSPS) is 11.6. The molecule has 1 rings (SSSR count). The van der Waals surface area contributed by atoms with Gasteiger partial charge in [-0.3, -0.25) is 0 Å². The Balaban J connectivity index is 2.78. The third-order valence-electron chi connectivity index (χ3n) is 2.56. The van der Waals surface area contributed by atoms with Crippen molar-refractivity contribution in [3.8, 4) is 5.75 Å². The lowest BCUT2D eigenvalue weighted by atomic mass is 10.2. The molecule has 0 heterocycles. The molecular weight excluding hydrogens is 195 g/mol. The van der Waals surface area contributed by atoms with Crippen molar-refractivity contribution in [2.75, 3.05) is 12.3 Å². The van der Waals surface area contributed by atoms with E-state index >= 15 is 0 Å². The summed E-state index contributed by atoms with van der Waals surface area (Å²) in [6.07, 6.45) is 2.16. The maximum absolute atomic E-state index is 12.1. The first-order valence-corrected chi connectivity index (χ1v) is 7.21. The van der Waals surface area contributed by atoms with Gasteiger partial charge < -0.3 is 9.67 Å². The van der Waals surface area contributed by atoms with Gasteiger partial charge in [-0.25, -0.2) is 0 Å². The van der Waals surface area contributed by atoms with E-state index < -0.39 is 7.14 Å². The predicted octanol–water partition coefficient (Wildman–Crippen LogP) is 3.30. The van der Waals surface area contributed by atoms with Crippen molar-refractivity contribution in [3.05, 3.63) is 29.8 Å². The van der Waals surface area contributed by atoms with E-state index in [0.29, 0.717) is 6.16 Å². The van der Waals surface area contributed by atoms with Crippen molar-refractivity contribution in [2.24, 2.45) is 0 Å². The molecule has 0 atom stereocenters. The Hall–Kier alpha value is -0.750. The summed E-state index contributed by atoms with van der Waals surface area (Å²) in [5, 5.41) is 9.10. The SMILES string of the molecule is CCP(=O)(CC)Cc1ccc(O)cc1. The van der Waals surface area contributed by atoms with Crippen LogP contribution in [0.3, 0.4) is 0 Å². The minimum atomic E-state index is -2.00. The van der Waals surface area contributed by atoms with Gasteiger partial charge in [-0.1, -0.05) is 26.0 Å². The molecule has 0 bridgehead atoms. The van der Waals surface area contributed by atoms with Crippen molar-refractivity contribution in [1.82, 2.24) is 0 Å². The molecule has 0 aliphatic rings. The van der Waals surface area contributed by atoms with E-state index in [1.807, 2.05) is 26.0 Å². The molecule has 78 valence electrons. The summed E-state index contributed by atoms with van der Waals surface area (Å²) in [5.74, 6) is 0.261. The molecule has 1 N–H and O–H groups in total. The van der Waals surface area contributed by atoms with Gasteiger partial charge >= 0.3 is 0 Å². The van der Waals surface area contributed by atoms with Crippen LogP contribution in [0, 0.1) is 0 Å². The Bertz CT molecular complexity index is 322. The van der Waals surface area contributed by atoms with Crippen molar-refractivity contribution in [3.63, 3.8) is 0 Å². The first-order chi connectivity index (χ1) is 6.59. The summed E-state index contributed by atoms with van der Waals surface area (Å²) >= 11 is 0. The fraction of sp³-hybridized carbons (Fsp3) is 0.455. The van der Waals surface area contributed by atoms with Crippen LogP contribution in [-0.4, -0.2) is 17.4 Å². The molecule has 1 aromatic carbocycles. The zero-order valence-electron chi connectivity index (χ0n) is 8.73. The average molecular weight is 212 g/mol. The molecule has 0 amide bonds. The Morgan fingerprint density at radius 2 is 1.64 bits per heavy atom. The van der Waals surface area contributed by atoms with Crippen LogP contribution in [0.4, 0.5) is 0 Å². The van der Waals surface area contributed by atoms with Gasteiger partial charge in [0.05, 0.1) is 7.14 Å². The Morgan fingerprint density at radius 1 is 1.14 bits per heavy atom. The summed E-state index contributed by atoms with van der Waals surface area (Å²) in [4.78, 5) is 0. The highest BCUT2D eigenvalue weighted by molar-refractivity contribution is 7.63. The van der Waals surface area contributed by atoms with Gasteiger partial charge in [-0.15, -0.1) is 0 Å². The number of hydrogen-bond donors (Lipinski definition) is 1. The van der Waals surface area contributed by atoms with E-state index in [2.05, 4.69) is 0 Å². The monoisotopic (exact) mass is 212 g/mol. The van der Waals surface area contributed by atoms with Crippen molar-refractivity contribution in [2.45, 2.75) is 20.0 Å². The molecule has 2 nitrogen and oxygen atoms in total. The molecule has 3 heteroatoms. The molecule has 0 spiro atoms. The molecule has 0 saturated heterocycles. The largest absolute Gasteiger partial charge is 0.508 e. The van der Waals surface area contributed by atoms with E-state index in [1.54, 1.807) is 12.1 Å². The third-order valence-corrected chi connectivity index (χ3v) is 5.81. The van der Waals surface area contributed by atoms with Crippen LogP contribution >= 0.6 is 7.14 Å². The van der Waals surface area contributed by atoms with Gasteiger partial charge in [0.2, 0.25) is 0 Å². The second-order valence-corrected chi connectivity index (χ2v) is 7.21. The lowest BCUT2D eigenvalue weighted by molar-refractivity contribution is 0.475. The number of phenolic OH excluding ortho intramolecular Hbond substituents is 1. The highest BCUT2D eigenvalue weighted by Crippen LogP contribution is 2.48. The molecule has 0 saturated carbocycles. The van der Waals surface area contributed by atoms with Crippen LogP contribution in [0.5, 0.6) is 5.75 Å². The fourth-order valence-corrected chi connectivity index (χ4v) is 3.15. The summed E-state index contributed by atoms with van der Waals surface area (Å²) in [7, 11) is -2.00. The fourth-order valence-electron chi connectivity index (χ4n) is 1.38. The number of phenols is 1. The van der Waals surface area contributed by atoms with Gasteiger partial charge in [-0.2, -0.15) is 0 Å². The quantitative estimate of drug-likeness (QED) is 0.777. The third kappa shape index (κ3) is 2.88. The average Bonchev–Trinajstić information content (AvgIpc) is 2.21. The van der Waals surface area contributed by atoms with Crippen LogP contribution in [-0.2, 0) is 10.7 Å². The highest BCUT2D eigenvalue weighted by atomic mass is 31.2.